The van der Waals surface area contributed by atoms with Gasteiger partial charge < -0.3 is 0 Å². The van der Waals surface area contributed by atoms with Gasteiger partial charge in [-0.3, -0.25) is 0 Å². The van der Waals surface area contributed by atoms with E-state index in [1.165, 1.54) is 0 Å². The van der Waals surface area contributed by atoms with E-state index in [-0.39, 0.29) is 5.91 Å². The van der Waals surface area contributed by atoms with Crippen molar-refractivity contribution in [1.29, 1.82) is 0 Å². The molecule has 0 saturated carbocycles. The summed E-state index contributed by atoms with van der Waals surface area (Å²) in [4.78, 5) is 35.3. The van der Waals surface area contributed by atoms with Crippen LogP contribution in [0.4, 0.5) is 17.3 Å². The van der Waals surface area contributed by atoms with Gasteiger partial charge in [-0.05, 0) is 0 Å². The van der Waals surface area contributed by atoms with Crippen LogP contribution in [0.25, 0.3) is 0 Å². The number of pyridine rings is 1. The van der Waals surface area contributed by atoms with Crippen molar-refractivity contribution < 1.29 is 4.79 Å². The molecule has 0 spiro atoms. The minimum atomic E-state index is -0.182. The number of amides is 1. The van der Waals surface area contributed by atoms with Crippen LogP contribution >= 0.6 is 11.8 Å². The van der Waals surface area contributed by atoms with Gasteiger partial charge in [0.05, 0.1) is 0 Å². The van der Waals surface area contributed by atoms with Crippen LogP contribution in [-0.4, -0.2) is 71.9 Å². The first-order valence-electron chi connectivity index (χ1n) is 12.5. The first kappa shape index (κ1) is 23.9. The second-order valence-corrected chi connectivity index (χ2v) is 10.6. The molecule has 3 aromatic rings. The Morgan fingerprint density at radius 2 is 1.95 bits per heavy atom. The molecular weight excluding hydrogens is 481 g/mol. The van der Waals surface area contributed by atoms with Gasteiger partial charge in [-0.15, -0.1) is 0 Å². The van der Waals surface area contributed by atoms with Crippen LogP contribution in [0.15, 0.2) is 64.3 Å². The summed E-state index contributed by atoms with van der Waals surface area (Å²) < 4.78 is 0. The third-order valence-electron chi connectivity index (χ3n) is 6.96. The molecule has 1 aromatic carbocycles. The molecule has 6 rings (SSSR count). The van der Waals surface area contributed by atoms with Crippen molar-refractivity contribution in [2.24, 2.45) is 0 Å². The summed E-state index contributed by atoms with van der Waals surface area (Å²) in [7, 11) is 6.54. The molecule has 0 aliphatic carbocycles. The average Bonchev–Trinajstić information content (AvgIpc) is 3.15. The van der Waals surface area contributed by atoms with Crippen molar-refractivity contribution in [3.05, 3.63) is 76.3 Å². The number of likely N-dealkylation sites (N-methyl/N-ethyl adjacent to an activating group) is 1. The van der Waals surface area contributed by atoms with Gasteiger partial charge in [0, 0.05) is 0 Å². The zero-order valence-corrected chi connectivity index (χ0v) is 21.9. The number of hydrogen-bond acceptors (Lipinski definition) is 8. The SMILES string of the molecule is B=C1C(C(=O)NCc2cnc(C)cn2)=C2Sc3ccccc3N2c2nc(N3CCCN(C)CC3)ccc21. The second-order valence-electron chi connectivity index (χ2n) is 9.58. The summed E-state index contributed by atoms with van der Waals surface area (Å²) in [6.07, 6.45) is 4.50. The molecular formula is C27H28BN7OS. The summed E-state index contributed by atoms with van der Waals surface area (Å²) in [6, 6.07) is 12.3. The Balaban J connectivity index is 1.37. The maximum atomic E-state index is 13.6. The number of nitrogens with zero attached hydrogens (tertiary/aromatic N) is 6. The zero-order valence-electron chi connectivity index (χ0n) is 21.1. The Labute approximate surface area is 221 Å². The van der Waals surface area contributed by atoms with E-state index in [2.05, 4.69) is 68.8 Å². The Kier molecular flexibility index (Phi) is 6.30. The number of para-hydroxylation sites is 1. The standard InChI is InChI=1S/C27H28BN7OS/c1-17-14-30-18(15-29-17)16-31-26(36)23-24(28)19-8-9-22(34-11-5-10-33(2)12-13-34)32-25(19)35-20-6-3-4-7-21(20)37-27(23)35/h3-4,6-9,14-15,28H,5,10-13,16H2,1-2H3,(H,31,36). The van der Waals surface area contributed by atoms with Crippen molar-refractivity contribution in [3.8, 4) is 0 Å². The van der Waals surface area contributed by atoms with Crippen molar-refractivity contribution in [1.82, 2.24) is 25.2 Å². The third-order valence-corrected chi connectivity index (χ3v) is 8.11. The maximum absolute atomic E-state index is 13.6. The van der Waals surface area contributed by atoms with Gasteiger partial charge in [0.15, 0.2) is 0 Å². The second kappa shape index (κ2) is 9.76. The fourth-order valence-electron chi connectivity index (χ4n) is 4.92. The number of hydrogen-bond donors (Lipinski definition) is 1. The monoisotopic (exact) mass is 509 g/mol. The predicted octanol–water partition coefficient (Wildman–Crippen LogP) is 2.53. The molecule has 1 saturated heterocycles. The van der Waals surface area contributed by atoms with Crippen LogP contribution in [0.1, 0.15) is 23.4 Å². The quantitative estimate of drug-likeness (QED) is 0.538. The van der Waals surface area contributed by atoms with E-state index in [9.17, 15) is 4.79 Å². The number of carbonyl (C=O) groups excluding carboxylic acids is 1. The molecule has 1 fully saturated rings. The number of aromatic nitrogens is 3. The van der Waals surface area contributed by atoms with E-state index in [0.29, 0.717) is 23.3 Å². The Morgan fingerprint density at radius 3 is 2.78 bits per heavy atom. The Morgan fingerprint density at radius 1 is 1.08 bits per heavy atom. The van der Waals surface area contributed by atoms with Crippen LogP contribution in [-0.2, 0) is 11.3 Å². The molecule has 37 heavy (non-hydrogen) atoms. The topological polar surface area (TPSA) is 77.5 Å². The van der Waals surface area contributed by atoms with E-state index in [4.69, 9.17) is 4.98 Å². The number of aryl methyl sites for hydroxylation is 1. The predicted molar refractivity (Wildman–Crippen MR) is 150 cm³/mol. The molecule has 186 valence electrons. The van der Waals surface area contributed by atoms with E-state index in [1.54, 1.807) is 24.2 Å². The molecule has 5 heterocycles. The number of benzene rings is 1. The van der Waals surface area contributed by atoms with E-state index < -0.39 is 0 Å². The number of rotatable bonds is 4. The van der Waals surface area contributed by atoms with Crippen LogP contribution in [0, 0.1) is 6.92 Å². The molecule has 0 unspecified atom stereocenters. The molecule has 0 bridgehead atoms. The Hall–Kier alpha value is -3.50. The summed E-state index contributed by atoms with van der Waals surface area (Å²) in [5.74, 6) is 1.60. The van der Waals surface area contributed by atoms with Gasteiger partial charge in [0.25, 0.3) is 0 Å². The fourth-order valence-corrected chi connectivity index (χ4v) is 6.14. The van der Waals surface area contributed by atoms with Crippen LogP contribution < -0.4 is 15.1 Å². The van der Waals surface area contributed by atoms with Gasteiger partial charge in [-0.2, -0.15) is 0 Å². The fraction of sp³-hybridized carbons (Fsp3) is 0.296. The number of anilines is 3. The Bertz CT molecular complexity index is 1420. The molecule has 1 amide bonds. The zero-order chi connectivity index (χ0) is 25.5. The summed E-state index contributed by atoms with van der Waals surface area (Å²) in [6.45, 7) is 6.19. The average molecular weight is 509 g/mol. The van der Waals surface area contributed by atoms with Crippen molar-refractivity contribution in [2.75, 3.05) is 43.0 Å². The van der Waals surface area contributed by atoms with Gasteiger partial charge in [-0.25, -0.2) is 0 Å². The molecule has 10 heteroatoms. The van der Waals surface area contributed by atoms with Crippen LogP contribution in [0.2, 0.25) is 0 Å². The summed E-state index contributed by atoms with van der Waals surface area (Å²) in [5.41, 5.74) is 4.71. The van der Waals surface area contributed by atoms with Gasteiger partial charge >= 0.3 is 222 Å². The number of nitrogens with one attached hydrogen (secondary N) is 1. The van der Waals surface area contributed by atoms with Crippen LogP contribution in [0.5, 0.6) is 0 Å². The molecule has 0 atom stereocenters. The molecule has 3 aliphatic rings. The number of carbonyl (C=O) groups is 1. The van der Waals surface area contributed by atoms with E-state index in [0.717, 1.165) is 71.1 Å². The minimum absolute atomic E-state index is 0.182. The van der Waals surface area contributed by atoms with Gasteiger partial charge in [0.2, 0.25) is 0 Å². The molecule has 1 N–H and O–H groups in total. The number of thioether (sulfide) groups is 1. The number of fused-ring (bicyclic) bond motifs is 5. The molecule has 2 aromatic heterocycles. The van der Waals surface area contributed by atoms with Crippen molar-refractivity contribution >= 4 is 47.9 Å². The van der Waals surface area contributed by atoms with Gasteiger partial charge in [0.1, 0.15) is 0 Å². The first-order chi connectivity index (χ1) is 18.0. The third kappa shape index (κ3) is 4.44. The normalized spacial score (nSPS) is 17.3. The van der Waals surface area contributed by atoms with Crippen LogP contribution in [0.3, 0.4) is 0 Å². The molecule has 0 radical (unpaired) electrons. The summed E-state index contributed by atoms with van der Waals surface area (Å²) in [5, 5.41) is 3.87. The molecule has 8 nitrogen and oxygen atoms in total. The van der Waals surface area contributed by atoms with Crippen molar-refractivity contribution in [3.63, 3.8) is 0 Å². The van der Waals surface area contributed by atoms with E-state index >= 15 is 0 Å². The van der Waals surface area contributed by atoms with Gasteiger partial charge in [-0.1, -0.05) is 0 Å². The first-order valence-corrected chi connectivity index (χ1v) is 13.3. The van der Waals surface area contributed by atoms with Crippen molar-refractivity contribution in [2.45, 2.75) is 24.8 Å². The van der Waals surface area contributed by atoms with E-state index in [1.807, 2.05) is 19.1 Å². The molecule has 3 aliphatic heterocycles. The summed E-state index contributed by atoms with van der Waals surface area (Å²) >= 11 is 1.59.